The van der Waals surface area contributed by atoms with Crippen molar-refractivity contribution in [1.29, 1.82) is 0 Å². The summed E-state index contributed by atoms with van der Waals surface area (Å²) in [4.78, 5) is 11.9. The molecule has 1 saturated carbocycles. The molecule has 106 valence electrons. The monoisotopic (exact) mass is 256 g/mol. The van der Waals surface area contributed by atoms with Crippen molar-refractivity contribution in [2.45, 2.75) is 59.2 Å². The minimum atomic E-state index is -0.147. The third-order valence-corrected chi connectivity index (χ3v) is 3.99. The Morgan fingerprint density at radius 2 is 2.00 bits per heavy atom. The smallest absolute Gasteiger partial charge is 0.236 e. The predicted molar refractivity (Wildman–Crippen MR) is 73.4 cm³/mol. The molecule has 1 fully saturated rings. The molecule has 0 spiro atoms. The second kappa shape index (κ2) is 6.02. The molecule has 0 aromatic carbocycles. The lowest BCUT2D eigenvalue weighted by Gasteiger charge is -2.52. The standard InChI is InChI=1S/C14H28N2O2/c1-9(2)8-15-13(17)10(3)16-11-7-12(18-6)14(11,4)5/h9-12,16H,7-8H2,1-6H3,(H,15,17). The van der Waals surface area contributed by atoms with Crippen LogP contribution in [0.2, 0.25) is 0 Å². The Balaban J connectivity index is 2.37. The molecule has 0 aromatic rings. The summed E-state index contributed by atoms with van der Waals surface area (Å²) < 4.78 is 5.41. The van der Waals surface area contributed by atoms with Crippen molar-refractivity contribution in [3.05, 3.63) is 0 Å². The molecular weight excluding hydrogens is 228 g/mol. The minimum Gasteiger partial charge on any atom is -0.381 e. The summed E-state index contributed by atoms with van der Waals surface area (Å²) in [5.74, 6) is 0.569. The van der Waals surface area contributed by atoms with Gasteiger partial charge in [0.05, 0.1) is 12.1 Å². The maximum absolute atomic E-state index is 11.9. The summed E-state index contributed by atoms with van der Waals surface area (Å²) in [6.07, 6.45) is 1.27. The molecule has 1 rings (SSSR count). The van der Waals surface area contributed by atoms with Crippen molar-refractivity contribution in [3.63, 3.8) is 0 Å². The van der Waals surface area contributed by atoms with Crippen molar-refractivity contribution >= 4 is 5.91 Å². The number of rotatable bonds is 6. The zero-order chi connectivity index (χ0) is 13.9. The highest BCUT2D eigenvalue weighted by Crippen LogP contribution is 2.42. The van der Waals surface area contributed by atoms with E-state index in [1.54, 1.807) is 7.11 Å². The maximum Gasteiger partial charge on any atom is 0.236 e. The van der Waals surface area contributed by atoms with Crippen molar-refractivity contribution < 1.29 is 9.53 Å². The SMILES string of the molecule is COC1CC(NC(C)C(=O)NCC(C)C)C1(C)C. The molecule has 0 radical (unpaired) electrons. The first kappa shape index (κ1) is 15.4. The summed E-state index contributed by atoms with van der Waals surface area (Å²) in [5.41, 5.74) is 0.0985. The number of methoxy groups -OCH3 is 1. The van der Waals surface area contributed by atoms with Crippen LogP contribution in [0.3, 0.4) is 0 Å². The van der Waals surface area contributed by atoms with Crippen LogP contribution < -0.4 is 10.6 Å². The van der Waals surface area contributed by atoms with Gasteiger partial charge in [-0.1, -0.05) is 27.7 Å². The first-order valence-corrected chi connectivity index (χ1v) is 6.85. The Morgan fingerprint density at radius 1 is 1.39 bits per heavy atom. The highest BCUT2D eigenvalue weighted by Gasteiger charge is 2.49. The number of nitrogens with one attached hydrogen (secondary N) is 2. The van der Waals surface area contributed by atoms with Gasteiger partial charge in [-0.15, -0.1) is 0 Å². The van der Waals surface area contributed by atoms with Gasteiger partial charge in [0, 0.05) is 25.1 Å². The van der Waals surface area contributed by atoms with E-state index < -0.39 is 0 Å². The van der Waals surface area contributed by atoms with Crippen molar-refractivity contribution in [2.75, 3.05) is 13.7 Å². The average Bonchev–Trinajstić information content (AvgIpc) is 2.30. The van der Waals surface area contributed by atoms with Gasteiger partial charge < -0.3 is 15.4 Å². The molecule has 0 aliphatic heterocycles. The normalized spacial score (nSPS) is 27.7. The first-order chi connectivity index (χ1) is 8.28. The summed E-state index contributed by atoms with van der Waals surface area (Å²) in [5, 5.41) is 6.36. The summed E-state index contributed by atoms with van der Waals surface area (Å²) in [6, 6.07) is 0.202. The van der Waals surface area contributed by atoms with Crippen molar-refractivity contribution in [3.8, 4) is 0 Å². The van der Waals surface area contributed by atoms with E-state index in [2.05, 4.69) is 38.3 Å². The molecule has 4 heteroatoms. The number of amides is 1. The number of carbonyl (C=O) groups excluding carboxylic acids is 1. The Bertz CT molecular complexity index is 290. The van der Waals surface area contributed by atoms with Gasteiger partial charge in [-0.05, 0) is 19.3 Å². The van der Waals surface area contributed by atoms with E-state index in [9.17, 15) is 4.79 Å². The van der Waals surface area contributed by atoms with Gasteiger partial charge in [-0.3, -0.25) is 4.79 Å². The van der Waals surface area contributed by atoms with E-state index in [4.69, 9.17) is 4.74 Å². The zero-order valence-corrected chi connectivity index (χ0v) is 12.5. The summed E-state index contributed by atoms with van der Waals surface area (Å²) in [7, 11) is 1.75. The largest absolute Gasteiger partial charge is 0.381 e. The van der Waals surface area contributed by atoms with Gasteiger partial charge >= 0.3 is 0 Å². The van der Waals surface area contributed by atoms with Crippen LogP contribution in [0.1, 0.15) is 41.0 Å². The van der Waals surface area contributed by atoms with Gasteiger partial charge in [0.25, 0.3) is 0 Å². The van der Waals surface area contributed by atoms with E-state index in [0.717, 1.165) is 13.0 Å². The fourth-order valence-corrected chi connectivity index (χ4v) is 2.40. The number of hydrogen-bond donors (Lipinski definition) is 2. The Hall–Kier alpha value is -0.610. The molecule has 18 heavy (non-hydrogen) atoms. The molecule has 1 amide bonds. The third-order valence-electron chi connectivity index (χ3n) is 3.99. The quantitative estimate of drug-likeness (QED) is 0.758. The van der Waals surface area contributed by atoms with E-state index >= 15 is 0 Å². The number of hydrogen-bond acceptors (Lipinski definition) is 3. The molecule has 0 saturated heterocycles. The zero-order valence-electron chi connectivity index (χ0n) is 12.5. The first-order valence-electron chi connectivity index (χ1n) is 6.85. The molecule has 3 unspecified atom stereocenters. The Labute approximate surface area is 111 Å². The lowest BCUT2D eigenvalue weighted by atomic mass is 9.64. The van der Waals surface area contributed by atoms with E-state index in [1.807, 2.05) is 6.92 Å². The second-order valence-electron chi connectivity index (χ2n) is 6.36. The fraction of sp³-hybridized carbons (Fsp3) is 0.929. The number of ether oxygens (including phenoxy) is 1. The highest BCUT2D eigenvalue weighted by atomic mass is 16.5. The Morgan fingerprint density at radius 3 is 2.44 bits per heavy atom. The van der Waals surface area contributed by atoms with Crippen LogP contribution in [0.15, 0.2) is 0 Å². The summed E-state index contributed by atoms with van der Waals surface area (Å²) >= 11 is 0. The molecule has 4 nitrogen and oxygen atoms in total. The van der Waals surface area contributed by atoms with Gasteiger partial charge in [0.1, 0.15) is 0 Å². The van der Waals surface area contributed by atoms with Gasteiger partial charge in [-0.2, -0.15) is 0 Å². The van der Waals surface area contributed by atoms with Crippen LogP contribution in [0.5, 0.6) is 0 Å². The number of carbonyl (C=O) groups is 1. The van der Waals surface area contributed by atoms with Crippen LogP contribution in [-0.4, -0.2) is 37.7 Å². The van der Waals surface area contributed by atoms with Crippen LogP contribution >= 0.6 is 0 Å². The molecule has 3 atom stereocenters. The van der Waals surface area contributed by atoms with Gasteiger partial charge in [-0.25, -0.2) is 0 Å². The molecule has 0 aromatic heterocycles. The molecule has 1 aliphatic rings. The van der Waals surface area contributed by atoms with E-state index in [-0.39, 0.29) is 17.4 Å². The molecular formula is C14H28N2O2. The van der Waals surface area contributed by atoms with Crippen LogP contribution in [0, 0.1) is 11.3 Å². The van der Waals surface area contributed by atoms with Crippen LogP contribution in [-0.2, 0) is 9.53 Å². The molecule has 0 heterocycles. The van der Waals surface area contributed by atoms with E-state index in [0.29, 0.717) is 18.1 Å². The molecule has 2 N–H and O–H groups in total. The fourth-order valence-electron chi connectivity index (χ4n) is 2.40. The third kappa shape index (κ3) is 3.45. The van der Waals surface area contributed by atoms with Gasteiger partial charge in [0.2, 0.25) is 5.91 Å². The lowest BCUT2D eigenvalue weighted by Crippen LogP contribution is -2.63. The topological polar surface area (TPSA) is 50.4 Å². The van der Waals surface area contributed by atoms with Crippen LogP contribution in [0.25, 0.3) is 0 Å². The summed E-state index contributed by atoms with van der Waals surface area (Å²) in [6.45, 7) is 11.2. The highest BCUT2D eigenvalue weighted by molar-refractivity contribution is 5.81. The lowest BCUT2D eigenvalue weighted by molar-refractivity contribution is -0.127. The van der Waals surface area contributed by atoms with Gasteiger partial charge in [0.15, 0.2) is 0 Å². The average molecular weight is 256 g/mol. The molecule has 1 aliphatic carbocycles. The second-order valence-corrected chi connectivity index (χ2v) is 6.36. The van der Waals surface area contributed by atoms with Crippen LogP contribution in [0.4, 0.5) is 0 Å². The minimum absolute atomic E-state index is 0.0837. The predicted octanol–water partition coefficient (Wildman–Crippen LogP) is 1.55. The molecule has 0 bridgehead atoms. The maximum atomic E-state index is 11.9. The van der Waals surface area contributed by atoms with Crippen molar-refractivity contribution in [2.24, 2.45) is 11.3 Å². The Kier molecular flexibility index (Phi) is 5.17. The van der Waals surface area contributed by atoms with E-state index in [1.165, 1.54) is 0 Å². The van der Waals surface area contributed by atoms with Crippen molar-refractivity contribution in [1.82, 2.24) is 10.6 Å².